The van der Waals surface area contributed by atoms with Gasteiger partial charge in [-0.2, -0.15) is 0 Å². The van der Waals surface area contributed by atoms with Crippen LogP contribution in [0, 0.1) is 0 Å². The molecule has 1 fully saturated rings. The fraction of sp³-hybridized carbons (Fsp3) is 1.00. The number of nitrogens with zero attached hydrogens (tertiary/aromatic N) is 1. The first-order chi connectivity index (χ1) is 6.96. The molecule has 2 atom stereocenters. The summed E-state index contributed by atoms with van der Waals surface area (Å²) < 4.78 is 0. The van der Waals surface area contributed by atoms with Crippen LogP contribution in [0.1, 0.15) is 40.5 Å². The zero-order valence-corrected chi connectivity index (χ0v) is 10.6. The lowest BCUT2D eigenvalue weighted by molar-refractivity contribution is 0.00507. The van der Waals surface area contributed by atoms with E-state index in [0.717, 1.165) is 26.1 Å². The predicted molar refractivity (Wildman–Crippen MR) is 64.0 cm³/mol. The quantitative estimate of drug-likeness (QED) is 0.738. The third kappa shape index (κ3) is 4.09. The first kappa shape index (κ1) is 12.9. The first-order valence-electron chi connectivity index (χ1n) is 6.16. The summed E-state index contributed by atoms with van der Waals surface area (Å²) in [6.07, 6.45) is 2.32. The van der Waals surface area contributed by atoms with Crippen LogP contribution in [0.4, 0.5) is 0 Å². The maximum Gasteiger partial charge on any atom is 0.0718 e. The Morgan fingerprint density at radius 2 is 2.00 bits per heavy atom. The summed E-state index contributed by atoms with van der Waals surface area (Å²) in [5.74, 6) is 0. The van der Waals surface area contributed by atoms with Gasteiger partial charge in [-0.3, -0.25) is 4.90 Å². The molecule has 2 unspecified atom stereocenters. The van der Waals surface area contributed by atoms with Gasteiger partial charge in [0.2, 0.25) is 0 Å². The molecule has 1 saturated heterocycles. The molecular weight excluding hydrogens is 188 g/mol. The van der Waals surface area contributed by atoms with Crippen LogP contribution in [0.3, 0.4) is 0 Å². The Balaban J connectivity index is 2.55. The molecule has 0 bridgehead atoms. The van der Waals surface area contributed by atoms with Gasteiger partial charge in [0.15, 0.2) is 0 Å². The van der Waals surface area contributed by atoms with Crippen LogP contribution in [0.5, 0.6) is 0 Å². The smallest absolute Gasteiger partial charge is 0.0718 e. The third-order valence-corrected chi connectivity index (χ3v) is 3.17. The summed E-state index contributed by atoms with van der Waals surface area (Å²) in [5.41, 5.74) is -0.580. The van der Waals surface area contributed by atoms with Crippen molar-refractivity contribution in [3.05, 3.63) is 0 Å². The van der Waals surface area contributed by atoms with Gasteiger partial charge in [0.25, 0.3) is 0 Å². The molecule has 0 amide bonds. The molecule has 0 radical (unpaired) electrons. The molecule has 0 aliphatic carbocycles. The Morgan fingerprint density at radius 3 is 2.47 bits per heavy atom. The third-order valence-electron chi connectivity index (χ3n) is 3.17. The summed E-state index contributed by atoms with van der Waals surface area (Å²) in [7, 11) is 0. The van der Waals surface area contributed by atoms with Crippen molar-refractivity contribution in [3.8, 4) is 0 Å². The van der Waals surface area contributed by atoms with E-state index in [4.69, 9.17) is 0 Å². The van der Waals surface area contributed by atoms with E-state index >= 15 is 0 Å². The molecule has 0 aromatic carbocycles. The van der Waals surface area contributed by atoms with E-state index in [2.05, 4.69) is 24.1 Å². The minimum atomic E-state index is -0.580. The van der Waals surface area contributed by atoms with E-state index in [1.807, 2.05) is 13.8 Å². The maximum atomic E-state index is 9.88. The minimum Gasteiger partial charge on any atom is -0.389 e. The fourth-order valence-corrected chi connectivity index (χ4v) is 2.30. The Morgan fingerprint density at radius 1 is 1.33 bits per heavy atom. The number of piperazine rings is 1. The lowest BCUT2D eigenvalue weighted by Gasteiger charge is -2.42. The van der Waals surface area contributed by atoms with Gasteiger partial charge in [-0.1, -0.05) is 13.8 Å². The van der Waals surface area contributed by atoms with Gasteiger partial charge in [-0.25, -0.2) is 0 Å². The molecule has 2 N–H and O–H groups in total. The van der Waals surface area contributed by atoms with Crippen LogP contribution in [0.25, 0.3) is 0 Å². The summed E-state index contributed by atoms with van der Waals surface area (Å²) in [6.45, 7) is 11.1. The molecule has 0 aromatic heterocycles. The lowest BCUT2D eigenvalue weighted by Crippen LogP contribution is -2.58. The molecule has 0 spiro atoms. The van der Waals surface area contributed by atoms with Crippen LogP contribution in [-0.4, -0.2) is 47.3 Å². The van der Waals surface area contributed by atoms with E-state index in [9.17, 15) is 5.11 Å². The van der Waals surface area contributed by atoms with E-state index in [0.29, 0.717) is 12.1 Å². The van der Waals surface area contributed by atoms with E-state index in [1.165, 1.54) is 6.42 Å². The molecule has 0 saturated carbocycles. The van der Waals surface area contributed by atoms with Gasteiger partial charge in [0, 0.05) is 31.7 Å². The molecule has 1 rings (SSSR count). The zero-order valence-electron chi connectivity index (χ0n) is 10.6. The summed E-state index contributed by atoms with van der Waals surface area (Å²) in [4.78, 5) is 2.44. The van der Waals surface area contributed by atoms with E-state index < -0.39 is 5.60 Å². The SMILES string of the molecule is CCC1CN(CC(C)(C)O)C(CC)CN1. The van der Waals surface area contributed by atoms with Crippen LogP contribution in [0.15, 0.2) is 0 Å². The number of nitrogens with one attached hydrogen (secondary N) is 1. The van der Waals surface area contributed by atoms with Crippen molar-refractivity contribution >= 4 is 0 Å². The topological polar surface area (TPSA) is 35.5 Å². The highest BCUT2D eigenvalue weighted by atomic mass is 16.3. The average molecular weight is 214 g/mol. The van der Waals surface area contributed by atoms with Crippen molar-refractivity contribution in [2.75, 3.05) is 19.6 Å². The van der Waals surface area contributed by atoms with Crippen molar-refractivity contribution in [2.24, 2.45) is 0 Å². The molecule has 1 aliphatic rings. The van der Waals surface area contributed by atoms with E-state index in [-0.39, 0.29) is 0 Å². The summed E-state index contributed by atoms with van der Waals surface area (Å²) >= 11 is 0. The Bertz CT molecular complexity index is 189. The average Bonchev–Trinajstić information content (AvgIpc) is 2.15. The normalized spacial score (nSPS) is 29.4. The number of hydrogen-bond acceptors (Lipinski definition) is 3. The molecular formula is C12H26N2O. The molecule has 90 valence electrons. The van der Waals surface area contributed by atoms with Gasteiger partial charge in [0.05, 0.1) is 5.60 Å². The molecule has 15 heavy (non-hydrogen) atoms. The van der Waals surface area contributed by atoms with Gasteiger partial charge >= 0.3 is 0 Å². The highest BCUT2D eigenvalue weighted by Crippen LogP contribution is 2.15. The second-order valence-electron chi connectivity index (χ2n) is 5.32. The van der Waals surface area contributed by atoms with Crippen molar-refractivity contribution in [2.45, 2.75) is 58.2 Å². The van der Waals surface area contributed by atoms with Crippen LogP contribution in [-0.2, 0) is 0 Å². The van der Waals surface area contributed by atoms with Gasteiger partial charge in [-0.15, -0.1) is 0 Å². The van der Waals surface area contributed by atoms with E-state index in [1.54, 1.807) is 0 Å². The van der Waals surface area contributed by atoms with Crippen molar-refractivity contribution in [1.29, 1.82) is 0 Å². The zero-order chi connectivity index (χ0) is 11.5. The molecule has 3 heteroatoms. The van der Waals surface area contributed by atoms with Crippen LogP contribution >= 0.6 is 0 Å². The fourth-order valence-electron chi connectivity index (χ4n) is 2.30. The maximum absolute atomic E-state index is 9.88. The number of aliphatic hydroxyl groups is 1. The van der Waals surface area contributed by atoms with Crippen LogP contribution < -0.4 is 5.32 Å². The Kier molecular flexibility index (Phi) is 4.56. The summed E-state index contributed by atoms with van der Waals surface area (Å²) in [5, 5.41) is 13.4. The minimum absolute atomic E-state index is 0.580. The molecule has 0 aromatic rings. The number of β-amino-alcohol motifs (C(OH)–C–C–N with tert-alkyl or cyclic N) is 1. The molecule has 1 aliphatic heterocycles. The first-order valence-corrected chi connectivity index (χ1v) is 6.16. The highest BCUT2D eigenvalue weighted by Gasteiger charge is 2.29. The highest BCUT2D eigenvalue weighted by molar-refractivity contribution is 4.87. The van der Waals surface area contributed by atoms with Crippen molar-refractivity contribution in [1.82, 2.24) is 10.2 Å². The van der Waals surface area contributed by atoms with Crippen molar-refractivity contribution < 1.29 is 5.11 Å². The van der Waals surface area contributed by atoms with Crippen LogP contribution in [0.2, 0.25) is 0 Å². The van der Waals surface area contributed by atoms with Gasteiger partial charge < -0.3 is 10.4 Å². The second kappa shape index (κ2) is 5.28. The molecule has 3 nitrogen and oxygen atoms in total. The lowest BCUT2D eigenvalue weighted by atomic mass is 10.0. The standard InChI is InChI=1S/C12H26N2O/c1-5-10-8-14(9-12(3,4)15)11(6-2)7-13-10/h10-11,13,15H,5-9H2,1-4H3. The van der Waals surface area contributed by atoms with Gasteiger partial charge in [0.1, 0.15) is 0 Å². The monoisotopic (exact) mass is 214 g/mol. The Labute approximate surface area is 93.9 Å². The number of hydrogen-bond donors (Lipinski definition) is 2. The van der Waals surface area contributed by atoms with Gasteiger partial charge in [-0.05, 0) is 26.7 Å². The summed E-state index contributed by atoms with van der Waals surface area (Å²) in [6, 6.07) is 1.18. The van der Waals surface area contributed by atoms with Crippen molar-refractivity contribution in [3.63, 3.8) is 0 Å². The second-order valence-corrected chi connectivity index (χ2v) is 5.32. The Hall–Kier alpha value is -0.120. The predicted octanol–water partition coefficient (Wildman–Crippen LogP) is 1.22. The molecule has 1 heterocycles. The number of rotatable bonds is 4. The largest absolute Gasteiger partial charge is 0.389 e.